The summed E-state index contributed by atoms with van der Waals surface area (Å²) >= 11 is 0. The van der Waals surface area contributed by atoms with E-state index in [1.807, 2.05) is 24.3 Å². The summed E-state index contributed by atoms with van der Waals surface area (Å²) in [5, 5.41) is 49.6. The molecule has 2 aromatic carbocycles. The van der Waals surface area contributed by atoms with Crippen molar-refractivity contribution in [3.8, 4) is 6.07 Å². The molecule has 5 atom stereocenters. The third-order valence-electron chi connectivity index (χ3n) is 7.22. The third-order valence-corrected chi connectivity index (χ3v) is 8.53. The van der Waals surface area contributed by atoms with Crippen molar-refractivity contribution in [1.29, 1.82) is 5.26 Å². The maximum absolute atomic E-state index is 12.9. The minimum absolute atomic E-state index is 0.0518. The van der Waals surface area contributed by atoms with Crippen molar-refractivity contribution in [2.75, 3.05) is 38.3 Å². The van der Waals surface area contributed by atoms with Gasteiger partial charge in [0.1, 0.15) is 30.5 Å². The van der Waals surface area contributed by atoms with Crippen molar-refractivity contribution >= 4 is 32.6 Å². The highest BCUT2D eigenvalue weighted by atomic mass is 32.2. The molecule has 5 rings (SSSR count). The van der Waals surface area contributed by atoms with Gasteiger partial charge in [0.2, 0.25) is 0 Å². The van der Waals surface area contributed by atoms with E-state index in [2.05, 4.69) is 26.0 Å². The van der Waals surface area contributed by atoms with Crippen LogP contribution in [-0.4, -0.2) is 103 Å². The van der Waals surface area contributed by atoms with Crippen LogP contribution in [0.3, 0.4) is 0 Å². The molecule has 0 bridgehead atoms. The van der Waals surface area contributed by atoms with Crippen molar-refractivity contribution in [3.05, 3.63) is 58.8 Å². The van der Waals surface area contributed by atoms with E-state index < -0.39 is 45.6 Å². The Balaban J connectivity index is 1.23. The number of rotatable bonds is 9. The maximum Gasteiger partial charge on any atom is 0.251 e. The van der Waals surface area contributed by atoms with Crippen LogP contribution >= 0.6 is 0 Å². The third kappa shape index (κ3) is 6.61. The quantitative estimate of drug-likeness (QED) is 0.235. The zero-order chi connectivity index (χ0) is 29.9. The van der Waals surface area contributed by atoms with Crippen LogP contribution < -0.4 is 9.62 Å². The Morgan fingerprint density at radius 3 is 2.62 bits per heavy atom. The minimum Gasteiger partial charge on any atom is -0.388 e. The number of morpholine rings is 1. The molecule has 0 radical (unpaired) electrons. The van der Waals surface area contributed by atoms with Gasteiger partial charge in [0.05, 0.1) is 32.0 Å². The smallest absolute Gasteiger partial charge is 0.251 e. The summed E-state index contributed by atoms with van der Waals surface area (Å²) in [6, 6.07) is 13.3. The number of allylic oxidation sites excluding steroid dienone is 1. The number of nitriles is 1. The second-order valence-electron chi connectivity index (χ2n) is 10.0. The summed E-state index contributed by atoms with van der Waals surface area (Å²) < 4.78 is 45.4. The van der Waals surface area contributed by atoms with E-state index in [1.54, 1.807) is 12.1 Å². The van der Waals surface area contributed by atoms with Crippen LogP contribution in [0.4, 0.5) is 5.69 Å². The Kier molecular flexibility index (Phi) is 9.16. The first-order valence-corrected chi connectivity index (χ1v) is 14.8. The summed E-state index contributed by atoms with van der Waals surface area (Å²) in [5.74, 6) is 0. The molecule has 1 aromatic heterocycles. The molecule has 3 aromatic rings. The van der Waals surface area contributed by atoms with Gasteiger partial charge in [-0.05, 0) is 40.6 Å². The Labute approximate surface area is 242 Å². The van der Waals surface area contributed by atoms with Crippen LogP contribution in [0.1, 0.15) is 11.3 Å². The zero-order valence-electron chi connectivity index (χ0n) is 22.8. The van der Waals surface area contributed by atoms with E-state index in [0.717, 1.165) is 29.5 Å². The number of anilines is 1. The van der Waals surface area contributed by atoms with Crippen molar-refractivity contribution in [1.82, 2.24) is 19.7 Å². The monoisotopic (exact) mass is 600 g/mol. The predicted molar refractivity (Wildman–Crippen MR) is 150 cm³/mol. The first kappa shape index (κ1) is 30.0. The molecule has 224 valence electrons. The van der Waals surface area contributed by atoms with Gasteiger partial charge in [0, 0.05) is 32.1 Å². The lowest BCUT2D eigenvalue weighted by atomic mass is 9.99. The molecule has 2 aliphatic heterocycles. The lowest BCUT2D eigenvalue weighted by Gasteiger charge is -2.39. The lowest BCUT2D eigenvalue weighted by Crippen LogP contribution is -2.58. The molecular formula is C27H32N6O8S. The molecule has 0 spiro atoms. The first-order chi connectivity index (χ1) is 20.2. The van der Waals surface area contributed by atoms with Crippen LogP contribution in [0.25, 0.3) is 16.8 Å². The van der Waals surface area contributed by atoms with Gasteiger partial charge in [0.25, 0.3) is 10.0 Å². The minimum atomic E-state index is -4.18. The van der Waals surface area contributed by atoms with Crippen LogP contribution in [0.2, 0.25) is 0 Å². The fourth-order valence-electron chi connectivity index (χ4n) is 4.88. The average Bonchev–Trinajstić information content (AvgIpc) is 3.46. The van der Waals surface area contributed by atoms with Gasteiger partial charge in [-0.25, -0.2) is 17.8 Å². The van der Waals surface area contributed by atoms with Crippen LogP contribution in [0.5, 0.6) is 0 Å². The Hall–Kier alpha value is -3.46. The maximum atomic E-state index is 12.9. The highest BCUT2D eigenvalue weighted by Crippen LogP contribution is 2.26. The van der Waals surface area contributed by atoms with Gasteiger partial charge in [-0.15, -0.1) is 5.10 Å². The second-order valence-corrected chi connectivity index (χ2v) is 11.8. The lowest BCUT2D eigenvalue weighted by molar-refractivity contribution is -0.292. The number of sulfonamides is 1. The number of aliphatic hydroxyl groups is 3. The van der Waals surface area contributed by atoms with E-state index >= 15 is 0 Å². The van der Waals surface area contributed by atoms with E-state index in [4.69, 9.17) is 14.2 Å². The summed E-state index contributed by atoms with van der Waals surface area (Å²) in [4.78, 5) is 1.79. The topological polar surface area (TPSA) is 192 Å². The number of hydrogen-bond donors (Lipinski definition) is 4. The summed E-state index contributed by atoms with van der Waals surface area (Å²) in [7, 11) is -2.89. The van der Waals surface area contributed by atoms with Crippen molar-refractivity contribution in [2.24, 2.45) is 0 Å². The number of benzene rings is 2. The Morgan fingerprint density at radius 2 is 1.88 bits per heavy atom. The number of fused-ring (bicyclic) bond motifs is 1. The van der Waals surface area contributed by atoms with Crippen LogP contribution in [0.15, 0.2) is 47.5 Å². The van der Waals surface area contributed by atoms with E-state index in [9.17, 15) is 29.0 Å². The Bertz CT molecular complexity index is 1580. The molecular weight excluding hydrogens is 568 g/mol. The molecule has 0 aliphatic carbocycles. The van der Waals surface area contributed by atoms with Gasteiger partial charge >= 0.3 is 0 Å². The van der Waals surface area contributed by atoms with E-state index in [1.165, 1.54) is 24.1 Å². The molecule has 14 nitrogen and oxygen atoms in total. The molecule has 2 saturated heterocycles. The summed E-state index contributed by atoms with van der Waals surface area (Å²) in [6.07, 6.45) is -3.70. The summed E-state index contributed by atoms with van der Waals surface area (Å²) in [6.45, 7) is 2.71. The van der Waals surface area contributed by atoms with Crippen molar-refractivity contribution in [3.63, 3.8) is 0 Å². The van der Waals surface area contributed by atoms with Gasteiger partial charge in [-0.1, -0.05) is 23.4 Å². The first-order valence-electron chi connectivity index (χ1n) is 13.3. The second kappa shape index (κ2) is 12.8. The molecule has 4 N–H and O–H groups in total. The number of hydrogen-bond acceptors (Lipinski definition) is 12. The SMILES string of the molecule is CO[C@H]1O[C@H](Cn2cc(CNS(=O)(=O)/C(C#N)=C/c3ccc4cc(N5CCOCC5)ccc4c3)nn2)[C@@H](O)[C@H](O)[C@H]1O. The number of aromatic nitrogens is 3. The summed E-state index contributed by atoms with van der Waals surface area (Å²) in [5.41, 5.74) is 1.89. The standard InChI is InChI=1S/C27H32N6O8S/c1-39-27-26(36)25(35)24(34)23(41-27)16-33-15-20(30-31-33)14-29-42(37,38)22(13-28)11-17-2-3-19-12-21(5-4-18(19)10-17)32-6-8-40-9-7-32/h2-5,10-12,15,23-27,29,34-36H,6-9,14,16H2,1H3/b22-11+/t23-,24-,25+,26-,27+/m1/s1. The average molecular weight is 601 g/mol. The fourth-order valence-corrected chi connectivity index (χ4v) is 5.79. The van der Waals surface area contributed by atoms with Gasteiger partial charge in [0.15, 0.2) is 11.2 Å². The highest BCUT2D eigenvalue weighted by Gasteiger charge is 2.44. The van der Waals surface area contributed by atoms with E-state index in [0.29, 0.717) is 18.8 Å². The highest BCUT2D eigenvalue weighted by molar-refractivity contribution is 7.93. The van der Waals surface area contributed by atoms with Gasteiger partial charge in [-0.3, -0.25) is 0 Å². The number of methoxy groups -OCH3 is 1. The number of nitrogens with zero attached hydrogens (tertiary/aromatic N) is 5. The van der Waals surface area contributed by atoms with Gasteiger partial charge in [-0.2, -0.15) is 5.26 Å². The Morgan fingerprint density at radius 1 is 1.14 bits per heavy atom. The van der Waals surface area contributed by atoms with Crippen LogP contribution in [0, 0.1) is 11.3 Å². The van der Waals surface area contributed by atoms with Gasteiger partial charge < -0.3 is 34.4 Å². The molecule has 0 saturated carbocycles. The molecule has 2 aliphatic rings. The molecule has 2 fully saturated rings. The van der Waals surface area contributed by atoms with Crippen LogP contribution in [-0.2, 0) is 37.3 Å². The zero-order valence-corrected chi connectivity index (χ0v) is 23.6. The van der Waals surface area contributed by atoms with E-state index in [-0.39, 0.29) is 18.8 Å². The fraction of sp³-hybridized carbons (Fsp3) is 0.444. The number of nitrogens with one attached hydrogen (secondary N) is 1. The largest absolute Gasteiger partial charge is 0.388 e. The predicted octanol–water partition coefficient (Wildman–Crippen LogP) is -0.294. The molecule has 42 heavy (non-hydrogen) atoms. The molecule has 0 amide bonds. The molecule has 0 unspecified atom stereocenters. The normalized spacial score (nSPS) is 25.5. The van der Waals surface area contributed by atoms with Crippen molar-refractivity contribution in [2.45, 2.75) is 43.8 Å². The molecule has 15 heteroatoms. The number of ether oxygens (including phenoxy) is 3. The van der Waals surface area contributed by atoms with Crippen molar-refractivity contribution < 1.29 is 37.9 Å². The number of aliphatic hydroxyl groups excluding tert-OH is 3. The molecule has 3 heterocycles.